The molecular weight excluding hydrogens is 228 g/mol. The van der Waals surface area contributed by atoms with Gasteiger partial charge in [-0.3, -0.25) is 9.48 Å². The van der Waals surface area contributed by atoms with Crippen LogP contribution >= 0.6 is 0 Å². The van der Waals surface area contributed by atoms with Crippen LogP contribution in [0.5, 0.6) is 0 Å². The maximum atomic E-state index is 12.3. The Morgan fingerprint density at radius 2 is 2.11 bits per heavy atom. The molecule has 1 aliphatic rings. The van der Waals surface area contributed by atoms with Crippen LogP contribution in [0.25, 0.3) is 0 Å². The minimum atomic E-state index is -0.180. The first kappa shape index (κ1) is 13.1. The second-order valence-electron chi connectivity index (χ2n) is 5.07. The number of hydrogen-bond acceptors (Lipinski definition) is 3. The molecule has 0 spiro atoms. The third-order valence-corrected chi connectivity index (χ3v) is 3.71. The molecular formula is C13H22N4O. The molecule has 1 saturated heterocycles. The van der Waals surface area contributed by atoms with Crippen LogP contribution in [0.15, 0.2) is 6.07 Å². The minimum Gasteiger partial charge on any atom is -0.333 e. The molecule has 0 bridgehead atoms. The first-order valence-corrected chi connectivity index (χ1v) is 6.68. The van der Waals surface area contributed by atoms with E-state index in [1.807, 2.05) is 24.8 Å². The van der Waals surface area contributed by atoms with Gasteiger partial charge in [-0.05, 0) is 25.8 Å². The predicted molar refractivity (Wildman–Crippen MR) is 70.4 cm³/mol. The van der Waals surface area contributed by atoms with E-state index >= 15 is 0 Å². The summed E-state index contributed by atoms with van der Waals surface area (Å²) >= 11 is 0. The molecule has 0 aliphatic carbocycles. The normalized spacial score (nSPS) is 17.7. The molecule has 5 nitrogen and oxygen atoms in total. The standard InChI is InChI=1S/C13H22N4O/c1-4-10-7-11(17(6-3)15-10)12(18)16-8-13(14,5-2)9-16/h7H,4-6,8-9,14H2,1-3H3. The first-order chi connectivity index (χ1) is 8.53. The first-order valence-electron chi connectivity index (χ1n) is 6.68. The monoisotopic (exact) mass is 250 g/mol. The molecule has 0 aromatic carbocycles. The molecule has 2 N–H and O–H groups in total. The number of carbonyl (C=O) groups is 1. The lowest BCUT2D eigenvalue weighted by Gasteiger charge is -2.47. The highest BCUT2D eigenvalue weighted by Crippen LogP contribution is 2.23. The van der Waals surface area contributed by atoms with Crippen LogP contribution in [-0.2, 0) is 13.0 Å². The number of hydrogen-bond donors (Lipinski definition) is 1. The number of nitrogens with zero attached hydrogens (tertiary/aromatic N) is 3. The molecule has 5 heteroatoms. The zero-order valence-corrected chi connectivity index (χ0v) is 11.4. The lowest BCUT2D eigenvalue weighted by atomic mass is 9.88. The highest BCUT2D eigenvalue weighted by molar-refractivity contribution is 5.93. The molecule has 0 saturated carbocycles. The Bertz CT molecular complexity index is 446. The van der Waals surface area contributed by atoms with E-state index in [1.54, 1.807) is 4.68 Å². The summed E-state index contributed by atoms with van der Waals surface area (Å²) in [4.78, 5) is 14.2. The number of rotatable bonds is 4. The van der Waals surface area contributed by atoms with E-state index in [-0.39, 0.29) is 11.4 Å². The number of aromatic nitrogens is 2. The summed E-state index contributed by atoms with van der Waals surface area (Å²) < 4.78 is 1.78. The fraction of sp³-hybridized carbons (Fsp3) is 0.692. The lowest BCUT2D eigenvalue weighted by molar-refractivity contribution is 0.0389. The summed E-state index contributed by atoms with van der Waals surface area (Å²) in [6.07, 6.45) is 1.76. The minimum absolute atomic E-state index is 0.0542. The quantitative estimate of drug-likeness (QED) is 0.868. The van der Waals surface area contributed by atoms with Gasteiger partial charge in [0.25, 0.3) is 5.91 Å². The van der Waals surface area contributed by atoms with Crippen molar-refractivity contribution in [2.24, 2.45) is 5.73 Å². The molecule has 0 radical (unpaired) electrons. The summed E-state index contributed by atoms with van der Waals surface area (Å²) in [5.74, 6) is 0.0542. The van der Waals surface area contributed by atoms with Crippen LogP contribution in [0, 0.1) is 0 Å². The number of likely N-dealkylation sites (tertiary alicyclic amines) is 1. The second-order valence-corrected chi connectivity index (χ2v) is 5.07. The lowest BCUT2D eigenvalue weighted by Crippen LogP contribution is -2.68. The van der Waals surface area contributed by atoms with E-state index in [9.17, 15) is 4.79 Å². The largest absolute Gasteiger partial charge is 0.333 e. The van der Waals surface area contributed by atoms with Crippen LogP contribution in [0.3, 0.4) is 0 Å². The summed E-state index contributed by atoms with van der Waals surface area (Å²) in [6.45, 7) is 8.13. The second kappa shape index (κ2) is 4.72. The molecule has 2 heterocycles. The van der Waals surface area contributed by atoms with Gasteiger partial charge in [-0.15, -0.1) is 0 Å². The third-order valence-electron chi connectivity index (χ3n) is 3.71. The molecule has 2 rings (SSSR count). The molecule has 1 aromatic heterocycles. The van der Waals surface area contributed by atoms with E-state index in [0.717, 1.165) is 25.1 Å². The maximum Gasteiger partial charge on any atom is 0.272 e. The van der Waals surface area contributed by atoms with Gasteiger partial charge in [-0.1, -0.05) is 13.8 Å². The van der Waals surface area contributed by atoms with E-state index in [4.69, 9.17) is 5.73 Å². The van der Waals surface area contributed by atoms with Crippen molar-refractivity contribution in [3.8, 4) is 0 Å². The van der Waals surface area contributed by atoms with Crippen LogP contribution in [0.2, 0.25) is 0 Å². The Morgan fingerprint density at radius 1 is 1.44 bits per heavy atom. The maximum absolute atomic E-state index is 12.3. The van der Waals surface area contributed by atoms with Crippen molar-refractivity contribution in [3.05, 3.63) is 17.5 Å². The van der Waals surface area contributed by atoms with Gasteiger partial charge >= 0.3 is 0 Å². The van der Waals surface area contributed by atoms with Crippen molar-refractivity contribution >= 4 is 5.91 Å². The molecule has 1 aromatic rings. The van der Waals surface area contributed by atoms with Crippen molar-refractivity contribution in [1.29, 1.82) is 0 Å². The molecule has 1 amide bonds. The van der Waals surface area contributed by atoms with Gasteiger partial charge in [0.15, 0.2) is 0 Å². The van der Waals surface area contributed by atoms with Gasteiger partial charge in [-0.2, -0.15) is 5.10 Å². The van der Waals surface area contributed by atoms with Gasteiger partial charge < -0.3 is 10.6 Å². The fourth-order valence-corrected chi connectivity index (χ4v) is 2.30. The zero-order valence-electron chi connectivity index (χ0n) is 11.4. The van der Waals surface area contributed by atoms with E-state index in [1.165, 1.54) is 0 Å². The Morgan fingerprint density at radius 3 is 2.61 bits per heavy atom. The molecule has 1 fully saturated rings. The van der Waals surface area contributed by atoms with E-state index < -0.39 is 0 Å². The average Bonchev–Trinajstić information content (AvgIpc) is 2.77. The molecule has 18 heavy (non-hydrogen) atoms. The number of carbonyl (C=O) groups excluding carboxylic acids is 1. The van der Waals surface area contributed by atoms with Gasteiger partial charge in [0.05, 0.1) is 11.2 Å². The topological polar surface area (TPSA) is 64.2 Å². The van der Waals surface area contributed by atoms with Crippen molar-refractivity contribution in [2.45, 2.75) is 45.7 Å². The van der Waals surface area contributed by atoms with E-state index in [2.05, 4.69) is 12.0 Å². The Kier molecular flexibility index (Phi) is 3.43. The summed E-state index contributed by atoms with van der Waals surface area (Å²) in [5, 5.41) is 4.40. The Balaban J connectivity index is 2.13. The van der Waals surface area contributed by atoms with Gasteiger partial charge in [0, 0.05) is 19.6 Å². The number of nitrogens with two attached hydrogens (primary N) is 1. The Hall–Kier alpha value is -1.36. The van der Waals surface area contributed by atoms with Gasteiger partial charge in [-0.25, -0.2) is 0 Å². The SMILES string of the molecule is CCc1cc(C(=O)N2CC(N)(CC)C2)n(CC)n1. The Labute approximate surface area is 108 Å². The zero-order chi connectivity index (χ0) is 13.3. The highest BCUT2D eigenvalue weighted by Gasteiger charge is 2.41. The van der Waals surface area contributed by atoms with Crippen molar-refractivity contribution in [1.82, 2.24) is 14.7 Å². The molecule has 0 atom stereocenters. The average molecular weight is 250 g/mol. The van der Waals surface area contributed by atoms with Crippen molar-refractivity contribution in [2.75, 3.05) is 13.1 Å². The summed E-state index contributed by atoms with van der Waals surface area (Å²) in [7, 11) is 0. The van der Waals surface area contributed by atoms with Gasteiger partial charge in [0.1, 0.15) is 5.69 Å². The third kappa shape index (κ3) is 2.14. The van der Waals surface area contributed by atoms with Gasteiger partial charge in [0.2, 0.25) is 0 Å². The number of amides is 1. The van der Waals surface area contributed by atoms with E-state index in [0.29, 0.717) is 18.8 Å². The molecule has 100 valence electrons. The molecule has 0 unspecified atom stereocenters. The summed E-state index contributed by atoms with van der Waals surface area (Å²) in [6, 6.07) is 1.90. The predicted octanol–water partition coefficient (Wildman–Crippen LogP) is 1.03. The van der Waals surface area contributed by atoms with Crippen molar-refractivity contribution in [3.63, 3.8) is 0 Å². The van der Waals surface area contributed by atoms with Crippen LogP contribution in [0.1, 0.15) is 43.4 Å². The van der Waals surface area contributed by atoms with Crippen molar-refractivity contribution < 1.29 is 4.79 Å². The fourth-order valence-electron chi connectivity index (χ4n) is 2.30. The molecule has 1 aliphatic heterocycles. The number of aryl methyl sites for hydroxylation is 2. The highest BCUT2D eigenvalue weighted by atomic mass is 16.2. The summed E-state index contributed by atoms with van der Waals surface area (Å²) in [5.41, 5.74) is 7.57. The van der Waals surface area contributed by atoms with Crippen LogP contribution in [-0.4, -0.2) is 39.2 Å². The van der Waals surface area contributed by atoms with Crippen LogP contribution in [0.4, 0.5) is 0 Å². The smallest absolute Gasteiger partial charge is 0.272 e. The van der Waals surface area contributed by atoms with Crippen LogP contribution < -0.4 is 5.73 Å².